The Morgan fingerprint density at radius 3 is 1.96 bits per heavy atom. The van der Waals surface area contributed by atoms with Crippen molar-refractivity contribution in [3.63, 3.8) is 0 Å². The molecule has 1 aliphatic rings. The molecule has 152 valence electrons. The number of epoxide rings is 1. The maximum Gasteiger partial charge on any atom is 0.333 e. The van der Waals surface area contributed by atoms with Gasteiger partial charge in [-0.25, -0.2) is 14.4 Å². The van der Waals surface area contributed by atoms with E-state index in [0.717, 1.165) is 0 Å². The molecule has 1 unspecified atom stereocenters. The average Bonchev–Trinajstić information content (AvgIpc) is 3.40. The fraction of sp³-hybridized carbons (Fsp3) is 0.389. The summed E-state index contributed by atoms with van der Waals surface area (Å²) >= 11 is 9.69. The summed E-state index contributed by atoms with van der Waals surface area (Å²) in [7, 11) is 1.33. The second-order valence-electron chi connectivity index (χ2n) is 5.16. The fourth-order valence-electron chi connectivity index (χ4n) is 1.06. The lowest BCUT2D eigenvalue weighted by Crippen LogP contribution is -2.11. The van der Waals surface area contributed by atoms with Crippen LogP contribution in [0.5, 0.6) is 0 Å². The molecule has 1 saturated heterocycles. The number of hydrogen-bond acceptors (Lipinski definition) is 6. The lowest BCUT2D eigenvalue weighted by Gasteiger charge is -2.03. The number of carbonyl (C=O) groups excluding carboxylic acids is 2. The molecule has 9 heteroatoms. The van der Waals surface area contributed by atoms with Crippen LogP contribution in [0.4, 0.5) is 0 Å². The fourth-order valence-corrected chi connectivity index (χ4v) is 1.06. The minimum atomic E-state index is -1.01. The Morgan fingerprint density at radius 2 is 1.67 bits per heavy atom. The normalized spacial score (nSPS) is 14.3. The first-order valence-electron chi connectivity index (χ1n) is 7.52. The minimum absolute atomic E-state index is 0.0213. The van der Waals surface area contributed by atoms with Gasteiger partial charge in [-0.1, -0.05) is 49.0 Å². The molecule has 0 amide bonds. The molecule has 1 atom stereocenters. The zero-order valence-electron chi connectivity index (χ0n) is 15.5. The number of methoxy groups -OCH3 is 1. The van der Waals surface area contributed by atoms with Gasteiger partial charge in [-0.2, -0.15) is 0 Å². The van der Waals surface area contributed by atoms with Crippen LogP contribution in [0.15, 0.2) is 47.0 Å². The Labute approximate surface area is 168 Å². The van der Waals surface area contributed by atoms with Gasteiger partial charge in [0.25, 0.3) is 0 Å². The molecular weight excluding hydrogens is 399 g/mol. The number of rotatable bonds is 7. The van der Waals surface area contributed by atoms with Crippen LogP contribution < -0.4 is 0 Å². The summed E-state index contributed by atoms with van der Waals surface area (Å²) < 4.78 is 14.1. The van der Waals surface area contributed by atoms with Crippen LogP contribution in [-0.2, 0) is 28.6 Å². The van der Waals surface area contributed by atoms with Gasteiger partial charge in [0.2, 0.25) is 0 Å². The molecule has 7 nitrogen and oxygen atoms in total. The quantitative estimate of drug-likeness (QED) is 0.379. The number of carboxylic acids is 1. The van der Waals surface area contributed by atoms with Crippen molar-refractivity contribution in [1.29, 1.82) is 0 Å². The van der Waals surface area contributed by atoms with Gasteiger partial charge in [0.05, 0.1) is 18.2 Å². The summed E-state index contributed by atoms with van der Waals surface area (Å²) in [4.78, 5) is 32.0. The SMILES string of the molecule is C=C(C)C(=O)OC.C=C(CC=C(C)C(=O)O)C(=O)OCC1CO1.C=C(Cl)Cl. The van der Waals surface area contributed by atoms with E-state index in [1.54, 1.807) is 6.92 Å². The first-order chi connectivity index (χ1) is 12.4. The van der Waals surface area contributed by atoms with Crippen molar-refractivity contribution in [2.75, 3.05) is 20.3 Å². The molecule has 27 heavy (non-hydrogen) atoms. The van der Waals surface area contributed by atoms with Gasteiger partial charge in [0, 0.05) is 16.7 Å². The monoisotopic (exact) mass is 422 g/mol. The smallest absolute Gasteiger partial charge is 0.333 e. The summed E-state index contributed by atoms with van der Waals surface area (Å²) in [5, 5.41) is 8.59. The Balaban J connectivity index is 0. The topological polar surface area (TPSA) is 102 Å². The average molecular weight is 423 g/mol. The van der Waals surface area contributed by atoms with E-state index in [1.165, 1.54) is 20.1 Å². The molecule has 0 bridgehead atoms. The van der Waals surface area contributed by atoms with Crippen LogP contribution in [0.1, 0.15) is 20.3 Å². The van der Waals surface area contributed by atoms with Gasteiger partial charge >= 0.3 is 17.9 Å². The van der Waals surface area contributed by atoms with Crippen molar-refractivity contribution in [3.8, 4) is 0 Å². The highest BCUT2D eigenvalue weighted by molar-refractivity contribution is 6.55. The van der Waals surface area contributed by atoms with Crippen LogP contribution in [0.3, 0.4) is 0 Å². The van der Waals surface area contributed by atoms with E-state index in [4.69, 9.17) is 37.8 Å². The Hall–Kier alpha value is -2.09. The van der Waals surface area contributed by atoms with E-state index in [1.807, 2.05) is 0 Å². The number of esters is 2. The molecule has 0 aromatic carbocycles. The van der Waals surface area contributed by atoms with Gasteiger partial charge in [-0.05, 0) is 20.3 Å². The molecule has 0 radical (unpaired) electrons. The van der Waals surface area contributed by atoms with E-state index >= 15 is 0 Å². The highest BCUT2D eigenvalue weighted by atomic mass is 35.5. The van der Waals surface area contributed by atoms with Crippen LogP contribution in [-0.4, -0.2) is 49.4 Å². The number of hydrogen-bond donors (Lipinski definition) is 1. The van der Waals surface area contributed by atoms with Gasteiger partial charge in [0.1, 0.15) is 12.7 Å². The van der Waals surface area contributed by atoms with Crippen molar-refractivity contribution in [1.82, 2.24) is 0 Å². The third kappa shape index (κ3) is 18.5. The zero-order chi connectivity index (χ0) is 21.6. The molecule has 1 rings (SSSR count). The van der Waals surface area contributed by atoms with Crippen LogP contribution in [0.25, 0.3) is 0 Å². The molecule has 1 N–H and O–H groups in total. The molecule has 0 aromatic heterocycles. The number of carbonyl (C=O) groups is 3. The number of carboxylic acid groups (broad SMARTS) is 1. The van der Waals surface area contributed by atoms with Gasteiger partial charge in [0.15, 0.2) is 0 Å². The van der Waals surface area contributed by atoms with Crippen molar-refractivity contribution >= 4 is 41.1 Å². The predicted molar refractivity (Wildman–Crippen MR) is 104 cm³/mol. The van der Waals surface area contributed by atoms with Gasteiger partial charge in [-0.3, -0.25) is 0 Å². The van der Waals surface area contributed by atoms with Crippen molar-refractivity contribution in [3.05, 3.63) is 47.0 Å². The third-order valence-corrected chi connectivity index (χ3v) is 2.62. The molecule has 0 aliphatic carbocycles. The van der Waals surface area contributed by atoms with E-state index in [-0.39, 0.29) is 40.7 Å². The summed E-state index contributed by atoms with van der Waals surface area (Å²) in [5.74, 6) is -1.86. The maximum absolute atomic E-state index is 11.3. The summed E-state index contributed by atoms with van der Waals surface area (Å²) in [6.07, 6.45) is 1.63. The number of aliphatic carboxylic acids is 1. The second kappa shape index (κ2) is 15.0. The molecule has 1 fully saturated rings. The van der Waals surface area contributed by atoms with Crippen LogP contribution >= 0.6 is 23.2 Å². The lowest BCUT2D eigenvalue weighted by molar-refractivity contribution is -0.139. The van der Waals surface area contributed by atoms with Crippen LogP contribution in [0, 0.1) is 0 Å². The van der Waals surface area contributed by atoms with Crippen LogP contribution in [0.2, 0.25) is 0 Å². The molecule has 1 heterocycles. The Bertz CT molecular complexity index is 601. The lowest BCUT2D eigenvalue weighted by atomic mass is 10.1. The third-order valence-electron chi connectivity index (χ3n) is 2.62. The maximum atomic E-state index is 11.3. The zero-order valence-corrected chi connectivity index (χ0v) is 17.1. The Kier molecular flexibility index (Phi) is 15.1. The van der Waals surface area contributed by atoms with E-state index in [0.29, 0.717) is 12.2 Å². The molecular formula is C18H24Cl2O7. The van der Waals surface area contributed by atoms with Gasteiger partial charge in [-0.15, -0.1) is 0 Å². The molecule has 0 aromatic rings. The predicted octanol–water partition coefficient (Wildman–Crippen LogP) is 3.58. The summed E-state index contributed by atoms with van der Waals surface area (Å²) in [6.45, 7) is 13.9. The minimum Gasteiger partial charge on any atom is -0.478 e. The van der Waals surface area contributed by atoms with E-state index < -0.39 is 11.9 Å². The highest BCUT2D eigenvalue weighted by Crippen LogP contribution is 2.11. The second-order valence-corrected chi connectivity index (χ2v) is 6.27. The molecule has 1 aliphatic heterocycles. The highest BCUT2D eigenvalue weighted by Gasteiger charge is 2.24. The largest absolute Gasteiger partial charge is 0.478 e. The van der Waals surface area contributed by atoms with E-state index in [2.05, 4.69) is 24.5 Å². The summed E-state index contributed by atoms with van der Waals surface area (Å²) in [6, 6.07) is 0. The molecule has 0 spiro atoms. The number of halogens is 2. The van der Waals surface area contributed by atoms with E-state index in [9.17, 15) is 14.4 Å². The Morgan fingerprint density at radius 1 is 1.19 bits per heavy atom. The first kappa shape index (κ1) is 27.1. The summed E-state index contributed by atoms with van der Waals surface area (Å²) in [5.41, 5.74) is 0.850. The standard InChI is InChI=1S/C11H14O5.C5H8O2.C2H2Cl2/c1-7(10(12)13)3-4-8(2)11(14)16-6-9-5-15-9;1-4(2)5(6)7-3;1-2(3)4/h3,9H,2,4-6H2,1H3,(H,12,13);1H2,2-3H3;1H2. The van der Waals surface area contributed by atoms with Crippen molar-refractivity contribution < 1.29 is 33.7 Å². The van der Waals surface area contributed by atoms with Crippen molar-refractivity contribution in [2.24, 2.45) is 0 Å². The number of allylic oxidation sites excluding steroid dienone is 1. The first-order valence-corrected chi connectivity index (χ1v) is 8.28. The molecule has 0 saturated carbocycles. The van der Waals surface area contributed by atoms with Gasteiger partial charge < -0.3 is 19.3 Å². The number of ether oxygens (including phenoxy) is 3. The van der Waals surface area contributed by atoms with Crippen molar-refractivity contribution in [2.45, 2.75) is 26.4 Å².